The summed E-state index contributed by atoms with van der Waals surface area (Å²) in [5.41, 5.74) is 0. The molecule has 16 heteroatoms. The van der Waals surface area contributed by atoms with Crippen molar-refractivity contribution in [1.29, 1.82) is 0 Å². The Hall–Kier alpha value is -1.20. The molecule has 101 valence electrons. The summed E-state index contributed by atoms with van der Waals surface area (Å²) >= 11 is 0. The van der Waals surface area contributed by atoms with E-state index in [1.54, 1.807) is 0 Å². The van der Waals surface area contributed by atoms with E-state index in [0.717, 1.165) is 0 Å². The molecule has 0 atom stereocenters. The van der Waals surface area contributed by atoms with E-state index in [9.17, 15) is 0 Å². The summed E-state index contributed by atoms with van der Waals surface area (Å²) in [6, 6.07) is 0. The zero-order valence-corrected chi connectivity index (χ0v) is 9.14. The third kappa shape index (κ3) is 1250. The van der Waals surface area contributed by atoms with E-state index < -0.39 is 15.3 Å². The van der Waals surface area contributed by atoms with Gasteiger partial charge in [0.1, 0.15) is 0 Å². The molecule has 0 rings (SSSR count). The standard InChI is InChI=1S/Gd.3NO3.3H2O/c;3*2-1(3)4;;;/h;;;;3*1H2/q+3;3*-1;;;. The van der Waals surface area contributed by atoms with E-state index in [0.29, 0.717) is 0 Å². The Kier molecular flexibility index (Phi) is 108. The van der Waals surface area contributed by atoms with Gasteiger partial charge in [0, 0.05) is 0 Å². The van der Waals surface area contributed by atoms with Crippen molar-refractivity contribution in [3.63, 3.8) is 0 Å². The molecular weight excluding hydrogens is 391 g/mol. The first kappa shape index (κ1) is 46.3. The monoisotopic (exact) mass is 398 g/mol. The van der Waals surface area contributed by atoms with Crippen molar-refractivity contribution in [3.05, 3.63) is 46.0 Å². The van der Waals surface area contributed by atoms with E-state index in [-0.39, 0.29) is 56.4 Å². The second-order valence-electron chi connectivity index (χ2n) is 0.671. The summed E-state index contributed by atoms with van der Waals surface area (Å²) in [4.78, 5) is 24.8. The predicted molar refractivity (Wildman–Crippen MR) is 41.9 cm³/mol. The van der Waals surface area contributed by atoms with Crippen molar-refractivity contribution in [1.82, 2.24) is 0 Å². The zero-order chi connectivity index (χ0) is 10.7. The van der Waals surface area contributed by atoms with Crippen molar-refractivity contribution in [2.75, 3.05) is 0 Å². The Labute approximate surface area is 117 Å². The molecule has 15 nitrogen and oxygen atoms in total. The molecular formula is H6GdN3O12. The van der Waals surface area contributed by atoms with Gasteiger partial charge in [0.25, 0.3) is 0 Å². The average Bonchev–Trinajstić information content (AvgIpc) is 1.54. The zero-order valence-electron chi connectivity index (χ0n) is 6.87. The second kappa shape index (κ2) is 37.2. The van der Waals surface area contributed by atoms with Gasteiger partial charge in [-0.3, -0.25) is 0 Å². The molecule has 0 aliphatic rings. The molecule has 0 aromatic heterocycles. The smallest absolute Gasteiger partial charge is 0.412 e. The van der Waals surface area contributed by atoms with Crippen LogP contribution in [0.3, 0.4) is 0 Å². The van der Waals surface area contributed by atoms with Gasteiger partial charge >= 0.3 is 39.9 Å². The van der Waals surface area contributed by atoms with Gasteiger partial charge in [-0.15, -0.1) is 0 Å². The van der Waals surface area contributed by atoms with Crippen LogP contribution in [0.5, 0.6) is 0 Å². The molecule has 0 saturated heterocycles. The van der Waals surface area contributed by atoms with E-state index in [4.69, 9.17) is 46.0 Å². The fourth-order valence-corrected chi connectivity index (χ4v) is 0. The van der Waals surface area contributed by atoms with Crippen LogP contribution in [-0.2, 0) is 0 Å². The second-order valence-corrected chi connectivity index (χ2v) is 0.671. The third-order valence-corrected chi connectivity index (χ3v) is 0. The number of nitrogens with zero attached hydrogens (tertiary/aromatic N) is 3. The Morgan fingerprint density at radius 1 is 0.500 bits per heavy atom. The van der Waals surface area contributed by atoms with Crippen LogP contribution in [0.15, 0.2) is 0 Å². The van der Waals surface area contributed by atoms with Crippen LogP contribution in [0.2, 0.25) is 0 Å². The van der Waals surface area contributed by atoms with E-state index in [2.05, 4.69) is 0 Å². The Morgan fingerprint density at radius 3 is 0.500 bits per heavy atom. The fourth-order valence-electron chi connectivity index (χ4n) is 0. The topological polar surface area (TPSA) is 293 Å². The predicted octanol–water partition coefficient (Wildman–Crippen LogP) is -3.19. The van der Waals surface area contributed by atoms with Crippen LogP contribution >= 0.6 is 0 Å². The van der Waals surface area contributed by atoms with Crippen LogP contribution in [0.1, 0.15) is 0 Å². The van der Waals surface area contributed by atoms with Crippen LogP contribution in [-0.4, -0.2) is 31.7 Å². The first-order valence-corrected chi connectivity index (χ1v) is 1.64. The summed E-state index contributed by atoms with van der Waals surface area (Å²) in [6.45, 7) is 0. The summed E-state index contributed by atoms with van der Waals surface area (Å²) in [6.07, 6.45) is 0. The minimum absolute atomic E-state index is 0. The van der Waals surface area contributed by atoms with Crippen LogP contribution in [0, 0.1) is 85.9 Å². The molecule has 6 N–H and O–H groups in total. The number of hydrogen-bond acceptors (Lipinski definition) is 9. The first-order chi connectivity index (χ1) is 5.20. The van der Waals surface area contributed by atoms with Gasteiger partial charge in [0.2, 0.25) is 0 Å². The third-order valence-electron chi connectivity index (χ3n) is 0. The Bertz CT molecular complexity index is 114. The fraction of sp³-hybridized carbons (Fsp3) is 0. The van der Waals surface area contributed by atoms with Crippen LogP contribution < -0.4 is 0 Å². The Balaban J connectivity index is -0.0000000135. The van der Waals surface area contributed by atoms with E-state index in [1.807, 2.05) is 0 Å². The summed E-state index contributed by atoms with van der Waals surface area (Å²) < 4.78 is 0. The summed E-state index contributed by atoms with van der Waals surface area (Å²) in [5.74, 6) is 0. The molecule has 0 aromatic rings. The van der Waals surface area contributed by atoms with E-state index in [1.165, 1.54) is 0 Å². The van der Waals surface area contributed by atoms with Crippen LogP contribution in [0.25, 0.3) is 0 Å². The molecule has 0 saturated carbocycles. The largest absolute Gasteiger partial charge is 3.00 e. The maximum absolute atomic E-state index is 8.25. The molecule has 0 unspecified atom stereocenters. The molecule has 1 radical (unpaired) electrons. The van der Waals surface area contributed by atoms with Gasteiger partial charge in [0.15, 0.2) is 0 Å². The van der Waals surface area contributed by atoms with Gasteiger partial charge in [-0.1, -0.05) is 0 Å². The molecule has 0 fully saturated rings. The number of rotatable bonds is 0. The first-order valence-electron chi connectivity index (χ1n) is 1.64. The summed E-state index contributed by atoms with van der Waals surface area (Å²) in [7, 11) is 0. The van der Waals surface area contributed by atoms with Gasteiger partial charge in [-0.05, 0) is 0 Å². The van der Waals surface area contributed by atoms with Gasteiger partial charge in [0.05, 0.1) is 15.3 Å². The molecule has 0 aliphatic heterocycles. The normalized spacial score (nSPS) is 4.50. The summed E-state index contributed by atoms with van der Waals surface area (Å²) in [5, 5.41) is 44.2. The SMILES string of the molecule is O.O.O.O=[N+]([O-])[O-].O=[N+]([O-])[O-].O=[N+]([O-])[O-].[Gd+3]. The molecule has 0 amide bonds. The molecule has 0 spiro atoms. The molecule has 16 heavy (non-hydrogen) atoms. The average molecular weight is 397 g/mol. The molecule has 0 bridgehead atoms. The minimum Gasteiger partial charge on any atom is -0.412 e. The van der Waals surface area contributed by atoms with Crippen LogP contribution in [0.4, 0.5) is 0 Å². The Morgan fingerprint density at radius 2 is 0.500 bits per heavy atom. The van der Waals surface area contributed by atoms with Crippen molar-refractivity contribution in [3.8, 4) is 0 Å². The quantitative estimate of drug-likeness (QED) is 0.293. The van der Waals surface area contributed by atoms with Crippen molar-refractivity contribution >= 4 is 0 Å². The van der Waals surface area contributed by atoms with Gasteiger partial charge < -0.3 is 62.4 Å². The van der Waals surface area contributed by atoms with Crippen molar-refractivity contribution < 1.29 is 71.6 Å². The molecule has 0 aromatic carbocycles. The van der Waals surface area contributed by atoms with Crippen molar-refractivity contribution in [2.24, 2.45) is 0 Å². The number of hydrogen-bond donors (Lipinski definition) is 0. The molecule has 0 aliphatic carbocycles. The maximum Gasteiger partial charge on any atom is 3.00 e. The maximum atomic E-state index is 8.25. The molecule has 0 heterocycles. The van der Waals surface area contributed by atoms with Gasteiger partial charge in [-0.25, -0.2) is 0 Å². The van der Waals surface area contributed by atoms with Crippen molar-refractivity contribution in [2.45, 2.75) is 0 Å². The van der Waals surface area contributed by atoms with E-state index >= 15 is 0 Å². The minimum atomic E-state index is -1.75. The van der Waals surface area contributed by atoms with Gasteiger partial charge in [-0.2, -0.15) is 0 Å².